The van der Waals surface area contributed by atoms with E-state index < -0.39 is 0 Å². The van der Waals surface area contributed by atoms with Crippen molar-refractivity contribution in [3.8, 4) is 0 Å². The van der Waals surface area contributed by atoms with Gasteiger partial charge >= 0.3 is 6.03 Å². The Morgan fingerprint density at radius 2 is 2.05 bits per heavy atom. The Kier molecular flexibility index (Phi) is 6.63. The van der Waals surface area contributed by atoms with E-state index in [9.17, 15) is 4.79 Å². The molecule has 2 aromatic rings. The van der Waals surface area contributed by atoms with Gasteiger partial charge in [-0.2, -0.15) is 0 Å². The molecule has 0 spiro atoms. The normalized spacial score (nSPS) is 10.5. The Morgan fingerprint density at radius 1 is 1.27 bits per heavy atom. The van der Waals surface area contributed by atoms with Crippen LogP contribution in [-0.2, 0) is 4.74 Å². The molecule has 0 saturated heterocycles. The van der Waals surface area contributed by atoms with Crippen LogP contribution >= 0.6 is 23.1 Å². The molecule has 8 heteroatoms. The van der Waals surface area contributed by atoms with Crippen molar-refractivity contribution in [2.45, 2.75) is 18.2 Å². The fraction of sp³-hybridized carbons (Fsp3) is 0.357. The van der Waals surface area contributed by atoms with Crippen molar-refractivity contribution < 1.29 is 9.53 Å². The van der Waals surface area contributed by atoms with Gasteiger partial charge in [0.05, 0.1) is 6.61 Å². The number of nitrogens with one attached hydrogen (secondary N) is 2. The van der Waals surface area contributed by atoms with Crippen LogP contribution in [0.3, 0.4) is 0 Å². The molecule has 1 aromatic heterocycles. The third-order valence-electron chi connectivity index (χ3n) is 2.59. The minimum atomic E-state index is -0.328. The number of aryl methyl sites for hydroxylation is 1. The summed E-state index contributed by atoms with van der Waals surface area (Å²) in [6, 6.07) is 7.25. The highest BCUT2D eigenvalue weighted by molar-refractivity contribution is 8.01. The predicted molar refractivity (Wildman–Crippen MR) is 90.9 cm³/mol. The van der Waals surface area contributed by atoms with Gasteiger partial charge in [-0.05, 0) is 26.0 Å². The van der Waals surface area contributed by atoms with E-state index in [4.69, 9.17) is 4.74 Å². The van der Waals surface area contributed by atoms with E-state index in [1.807, 2.05) is 38.1 Å². The molecule has 2 amide bonds. The summed E-state index contributed by atoms with van der Waals surface area (Å²) in [5.74, 6) is 0.817. The van der Waals surface area contributed by atoms with Crippen LogP contribution in [0.15, 0.2) is 28.6 Å². The molecule has 22 heavy (non-hydrogen) atoms. The lowest BCUT2D eigenvalue weighted by Crippen LogP contribution is -2.19. The van der Waals surface area contributed by atoms with E-state index in [0.29, 0.717) is 18.3 Å². The predicted octanol–water partition coefficient (Wildman–Crippen LogP) is 3.62. The molecule has 0 saturated carbocycles. The largest absolute Gasteiger partial charge is 0.381 e. The van der Waals surface area contributed by atoms with Gasteiger partial charge in [0.2, 0.25) is 5.13 Å². The Hall–Kier alpha value is -1.64. The van der Waals surface area contributed by atoms with Crippen LogP contribution in [0.5, 0.6) is 0 Å². The topological polar surface area (TPSA) is 76.1 Å². The number of benzene rings is 1. The maximum Gasteiger partial charge on any atom is 0.325 e. The van der Waals surface area contributed by atoms with E-state index in [0.717, 1.165) is 21.3 Å². The Labute approximate surface area is 137 Å². The molecule has 118 valence electrons. The fourth-order valence-corrected chi connectivity index (χ4v) is 3.22. The van der Waals surface area contributed by atoms with Crippen molar-refractivity contribution in [1.29, 1.82) is 0 Å². The summed E-state index contributed by atoms with van der Waals surface area (Å²) in [4.78, 5) is 11.9. The first kappa shape index (κ1) is 16.7. The Balaban J connectivity index is 1.79. The standard InChI is InChI=1S/C14H18N4O2S2/c1-3-20-8-9-21-14-18-17-13(22-14)16-12(19)15-11-6-4-10(2)5-7-11/h4-7H,3,8-9H2,1-2H3,(H2,15,16,17,19). The number of hydrogen-bond acceptors (Lipinski definition) is 6. The molecule has 0 aliphatic carbocycles. The average Bonchev–Trinajstić information content (AvgIpc) is 2.93. The molecule has 0 aliphatic heterocycles. The third kappa shape index (κ3) is 5.63. The summed E-state index contributed by atoms with van der Waals surface area (Å²) < 4.78 is 6.07. The zero-order valence-electron chi connectivity index (χ0n) is 12.5. The van der Waals surface area contributed by atoms with Gasteiger partial charge < -0.3 is 10.1 Å². The zero-order valence-corrected chi connectivity index (χ0v) is 14.1. The van der Waals surface area contributed by atoms with Crippen molar-refractivity contribution >= 4 is 39.9 Å². The van der Waals surface area contributed by atoms with Gasteiger partial charge in [0.15, 0.2) is 4.34 Å². The van der Waals surface area contributed by atoms with Crippen molar-refractivity contribution in [1.82, 2.24) is 10.2 Å². The summed E-state index contributed by atoms with van der Waals surface area (Å²) in [6.45, 7) is 5.35. The molecule has 6 nitrogen and oxygen atoms in total. The second-order valence-corrected chi connectivity index (χ2v) is 6.68. The van der Waals surface area contributed by atoms with Gasteiger partial charge in [0.1, 0.15) is 0 Å². The second-order valence-electron chi connectivity index (χ2n) is 4.36. The number of nitrogens with zero attached hydrogens (tertiary/aromatic N) is 2. The molecular formula is C14H18N4O2S2. The summed E-state index contributed by atoms with van der Waals surface area (Å²) in [6.07, 6.45) is 0. The quantitative estimate of drug-likeness (QED) is 0.458. The number of amides is 2. The molecule has 1 aromatic carbocycles. The lowest BCUT2D eigenvalue weighted by Gasteiger charge is -2.04. The van der Waals surface area contributed by atoms with Crippen molar-refractivity contribution in [2.75, 3.05) is 29.6 Å². The highest BCUT2D eigenvalue weighted by Crippen LogP contribution is 2.25. The number of carbonyl (C=O) groups is 1. The summed E-state index contributed by atoms with van der Waals surface area (Å²) in [5, 5.41) is 13.9. The summed E-state index contributed by atoms with van der Waals surface area (Å²) >= 11 is 2.91. The van der Waals surface area contributed by atoms with Gasteiger partial charge in [0, 0.05) is 18.0 Å². The monoisotopic (exact) mass is 338 g/mol. The van der Waals surface area contributed by atoms with Crippen LogP contribution in [0.25, 0.3) is 0 Å². The van der Waals surface area contributed by atoms with Crippen LogP contribution < -0.4 is 10.6 Å². The van der Waals surface area contributed by atoms with Gasteiger partial charge in [-0.3, -0.25) is 5.32 Å². The number of ether oxygens (including phenoxy) is 1. The minimum Gasteiger partial charge on any atom is -0.381 e. The van der Waals surface area contributed by atoms with E-state index >= 15 is 0 Å². The molecule has 0 atom stereocenters. The number of aromatic nitrogens is 2. The molecule has 0 bridgehead atoms. The molecule has 0 fully saturated rings. The fourth-order valence-electron chi connectivity index (χ4n) is 1.55. The third-order valence-corrected chi connectivity index (χ3v) is 4.53. The molecule has 2 rings (SSSR count). The van der Waals surface area contributed by atoms with Crippen molar-refractivity contribution in [3.05, 3.63) is 29.8 Å². The van der Waals surface area contributed by atoms with Crippen molar-refractivity contribution in [3.63, 3.8) is 0 Å². The number of hydrogen-bond donors (Lipinski definition) is 2. The van der Waals surface area contributed by atoms with Crippen LogP contribution in [-0.4, -0.2) is 35.2 Å². The Morgan fingerprint density at radius 3 is 2.77 bits per heavy atom. The lowest BCUT2D eigenvalue weighted by molar-refractivity contribution is 0.164. The van der Waals surface area contributed by atoms with Gasteiger partial charge in [-0.25, -0.2) is 4.79 Å². The first-order valence-electron chi connectivity index (χ1n) is 6.86. The molecule has 0 radical (unpaired) electrons. The lowest BCUT2D eigenvalue weighted by atomic mass is 10.2. The van der Waals surface area contributed by atoms with Crippen molar-refractivity contribution in [2.24, 2.45) is 0 Å². The molecule has 0 aliphatic rings. The number of carbonyl (C=O) groups excluding carboxylic acids is 1. The maximum atomic E-state index is 11.9. The van der Waals surface area contributed by atoms with Gasteiger partial charge in [0.25, 0.3) is 0 Å². The van der Waals surface area contributed by atoms with Crippen LogP contribution in [0.2, 0.25) is 0 Å². The Bertz CT molecular complexity index is 601. The summed E-state index contributed by atoms with van der Waals surface area (Å²) in [7, 11) is 0. The molecular weight excluding hydrogens is 320 g/mol. The molecule has 1 heterocycles. The number of rotatable bonds is 7. The van der Waals surface area contributed by atoms with E-state index in [2.05, 4.69) is 20.8 Å². The SMILES string of the molecule is CCOCCSc1nnc(NC(=O)Nc2ccc(C)cc2)s1. The maximum absolute atomic E-state index is 11.9. The molecule has 2 N–H and O–H groups in total. The number of anilines is 2. The van der Waals surface area contributed by atoms with Crippen LogP contribution in [0, 0.1) is 6.92 Å². The zero-order chi connectivity index (χ0) is 15.8. The summed E-state index contributed by atoms with van der Waals surface area (Å²) in [5.41, 5.74) is 1.88. The first-order valence-corrected chi connectivity index (χ1v) is 8.66. The highest BCUT2D eigenvalue weighted by Gasteiger charge is 2.08. The van der Waals surface area contributed by atoms with Crippen LogP contribution in [0.1, 0.15) is 12.5 Å². The van der Waals surface area contributed by atoms with E-state index in [1.54, 1.807) is 11.8 Å². The van der Waals surface area contributed by atoms with E-state index in [1.165, 1.54) is 11.3 Å². The van der Waals surface area contributed by atoms with Gasteiger partial charge in [-0.15, -0.1) is 10.2 Å². The number of thioether (sulfide) groups is 1. The van der Waals surface area contributed by atoms with E-state index in [-0.39, 0.29) is 6.03 Å². The van der Waals surface area contributed by atoms with Crippen LogP contribution in [0.4, 0.5) is 15.6 Å². The average molecular weight is 338 g/mol. The first-order chi connectivity index (χ1) is 10.7. The van der Waals surface area contributed by atoms with Gasteiger partial charge in [-0.1, -0.05) is 40.8 Å². The highest BCUT2D eigenvalue weighted by atomic mass is 32.2. The molecule has 0 unspecified atom stereocenters. The second kappa shape index (κ2) is 8.72. The number of urea groups is 1. The smallest absolute Gasteiger partial charge is 0.325 e. The minimum absolute atomic E-state index is 0.328.